The molecule has 2 aromatic heterocycles. The Morgan fingerprint density at radius 3 is 2.37 bits per heavy atom. The van der Waals surface area contributed by atoms with Gasteiger partial charge in [-0.1, -0.05) is 0 Å². The number of hydrogen-bond acceptors (Lipinski definition) is 6. The minimum absolute atomic E-state index is 0.0890. The number of fused-ring (bicyclic) bond motifs is 1. The van der Waals surface area contributed by atoms with Crippen molar-refractivity contribution in [3.8, 4) is 11.5 Å². The minimum atomic E-state index is -3.81. The maximum absolute atomic E-state index is 12.5. The third-order valence-electron chi connectivity index (χ3n) is 4.21. The summed E-state index contributed by atoms with van der Waals surface area (Å²) in [5, 5.41) is 7.22. The first-order chi connectivity index (χ1) is 12.8. The third-order valence-corrected chi connectivity index (χ3v) is 5.87. The number of sulfonamides is 1. The molecule has 0 aliphatic rings. The minimum Gasteiger partial charge on any atom is -0.493 e. The number of aromatic nitrogens is 3. The third kappa shape index (κ3) is 3.53. The molecule has 0 aliphatic carbocycles. The molecule has 144 valence electrons. The summed E-state index contributed by atoms with van der Waals surface area (Å²) < 4.78 is 38.0. The molecule has 0 spiro atoms. The normalized spacial score (nSPS) is 11.7. The van der Waals surface area contributed by atoms with Crippen molar-refractivity contribution in [2.75, 3.05) is 14.2 Å². The lowest BCUT2D eigenvalue weighted by Gasteiger charge is -2.11. The second-order valence-corrected chi connectivity index (χ2v) is 7.71. The van der Waals surface area contributed by atoms with Crippen molar-refractivity contribution in [3.63, 3.8) is 0 Å². The summed E-state index contributed by atoms with van der Waals surface area (Å²) in [5.74, 6) is 0.994. The summed E-state index contributed by atoms with van der Waals surface area (Å²) in [7, 11) is -0.793. The van der Waals surface area contributed by atoms with Gasteiger partial charge in [0, 0.05) is 23.6 Å². The van der Waals surface area contributed by atoms with Crippen LogP contribution in [-0.4, -0.2) is 37.8 Å². The number of rotatable bonds is 6. The van der Waals surface area contributed by atoms with Gasteiger partial charge in [0.2, 0.25) is 10.0 Å². The summed E-state index contributed by atoms with van der Waals surface area (Å²) >= 11 is 0. The maximum atomic E-state index is 12.5. The Kier molecular flexibility index (Phi) is 4.94. The van der Waals surface area contributed by atoms with E-state index >= 15 is 0 Å². The molecular weight excluding hydrogens is 372 g/mol. The van der Waals surface area contributed by atoms with E-state index in [1.807, 2.05) is 0 Å². The van der Waals surface area contributed by atoms with E-state index in [1.165, 1.54) is 14.2 Å². The molecule has 9 nitrogen and oxygen atoms in total. The fourth-order valence-electron chi connectivity index (χ4n) is 2.89. The standard InChI is InChI=1S/C17H20N4O5S/c1-9-16(10(2)21-20-9)27(23,24)18-8-12-5-11-6-14(25-3)15(26-4)7-13(11)19-17(12)22/h5-7,18H,8H2,1-4H3,(H,19,22)(H,20,21). The number of hydrogen-bond donors (Lipinski definition) is 3. The summed E-state index contributed by atoms with van der Waals surface area (Å²) in [4.78, 5) is 15.2. The summed E-state index contributed by atoms with van der Waals surface area (Å²) in [6.45, 7) is 3.06. The van der Waals surface area contributed by atoms with Crippen molar-refractivity contribution in [2.24, 2.45) is 0 Å². The van der Waals surface area contributed by atoms with E-state index in [4.69, 9.17) is 9.47 Å². The number of aryl methyl sites for hydroxylation is 2. The highest BCUT2D eigenvalue weighted by Crippen LogP contribution is 2.31. The Bertz CT molecular complexity index is 1140. The molecule has 0 unspecified atom stereocenters. The zero-order valence-corrected chi connectivity index (χ0v) is 16.2. The van der Waals surface area contributed by atoms with Crippen LogP contribution in [0.2, 0.25) is 0 Å². The monoisotopic (exact) mass is 392 g/mol. The quantitative estimate of drug-likeness (QED) is 0.581. The molecule has 0 radical (unpaired) electrons. The number of benzene rings is 1. The van der Waals surface area contributed by atoms with Crippen molar-refractivity contribution in [2.45, 2.75) is 25.3 Å². The molecule has 10 heteroatoms. The van der Waals surface area contributed by atoms with E-state index in [0.29, 0.717) is 33.8 Å². The molecule has 0 aliphatic heterocycles. The lowest BCUT2D eigenvalue weighted by Crippen LogP contribution is -2.27. The highest BCUT2D eigenvalue weighted by Gasteiger charge is 2.22. The summed E-state index contributed by atoms with van der Waals surface area (Å²) in [6, 6.07) is 4.99. The Labute approximate surface area is 155 Å². The van der Waals surface area contributed by atoms with Gasteiger partial charge < -0.3 is 14.5 Å². The summed E-state index contributed by atoms with van der Waals surface area (Å²) in [5.41, 5.74) is 1.24. The molecule has 0 fully saturated rings. The van der Waals surface area contributed by atoms with E-state index in [2.05, 4.69) is 19.9 Å². The molecule has 27 heavy (non-hydrogen) atoms. The number of methoxy groups -OCH3 is 2. The van der Waals surface area contributed by atoms with Gasteiger partial charge in [0.15, 0.2) is 11.5 Å². The molecule has 0 bridgehead atoms. The van der Waals surface area contributed by atoms with E-state index < -0.39 is 15.6 Å². The van der Waals surface area contributed by atoms with Crippen molar-refractivity contribution in [1.29, 1.82) is 0 Å². The van der Waals surface area contributed by atoms with Crippen LogP contribution in [0, 0.1) is 13.8 Å². The van der Waals surface area contributed by atoms with Crippen LogP contribution < -0.4 is 19.8 Å². The van der Waals surface area contributed by atoms with Gasteiger partial charge in [0.25, 0.3) is 5.56 Å². The molecule has 0 amide bonds. The first-order valence-corrected chi connectivity index (χ1v) is 9.54. The first-order valence-electron chi connectivity index (χ1n) is 8.06. The second kappa shape index (κ2) is 7.05. The zero-order valence-electron chi connectivity index (χ0n) is 15.3. The van der Waals surface area contributed by atoms with Gasteiger partial charge in [-0.2, -0.15) is 5.10 Å². The molecule has 1 aromatic carbocycles. The number of aromatic amines is 2. The number of nitrogens with zero attached hydrogens (tertiary/aromatic N) is 1. The zero-order chi connectivity index (χ0) is 19.8. The topological polar surface area (TPSA) is 126 Å². The highest BCUT2D eigenvalue weighted by atomic mass is 32.2. The number of pyridine rings is 1. The van der Waals surface area contributed by atoms with Crippen LogP contribution in [0.25, 0.3) is 10.9 Å². The van der Waals surface area contributed by atoms with E-state index in [9.17, 15) is 13.2 Å². The SMILES string of the molecule is COc1cc2cc(CNS(=O)(=O)c3c(C)n[nH]c3C)c(=O)[nH]c2cc1OC. The van der Waals surface area contributed by atoms with Gasteiger partial charge in [-0.05, 0) is 26.0 Å². The summed E-state index contributed by atoms with van der Waals surface area (Å²) in [6.07, 6.45) is 0. The smallest absolute Gasteiger partial charge is 0.252 e. The fourth-order valence-corrected chi connectivity index (χ4v) is 4.26. The molecule has 0 saturated heterocycles. The van der Waals surface area contributed by atoms with Crippen LogP contribution in [0.5, 0.6) is 11.5 Å². The van der Waals surface area contributed by atoms with Crippen LogP contribution in [-0.2, 0) is 16.6 Å². The lowest BCUT2D eigenvalue weighted by molar-refractivity contribution is 0.356. The average molecular weight is 392 g/mol. The van der Waals surface area contributed by atoms with E-state index in [1.54, 1.807) is 32.0 Å². The van der Waals surface area contributed by atoms with Gasteiger partial charge in [0.05, 0.1) is 31.1 Å². The predicted molar refractivity (Wildman–Crippen MR) is 99.8 cm³/mol. The van der Waals surface area contributed by atoms with Crippen molar-refractivity contribution < 1.29 is 17.9 Å². The Morgan fingerprint density at radius 2 is 1.78 bits per heavy atom. The molecule has 2 heterocycles. The first kappa shape index (κ1) is 18.9. The molecule has 3 N–H and O–H groups in total. The van der Waals surface area contributed by atoms with Crippen LogP contribution in [0.15, 0.2) is 27.9 Å². The molecule has 3 aromatic rings. The average Bonchev–Trinajstić information content (AvgIpc) is 2.98. The molecular formula is C17H20N4O5S. The van der Waals surface area contributed by atoms with Crippen LogP contribution >= 0.6 is 0 Å². The van der Waals surface area contributed by atoms with Crippen LogP contribution in [0.1, 0.15) is 17.0 Å². The van der Waals surface area contributed by atoms with Crippen molar-refractivity contribution in [3.05, 3.63) is 45.5 Å². The number of ether oxygens (including phenoxy) is 2. The van der Waals surface area contributed by atoms with Gasteiger partial charge in [-0.15, -0.1) is 0 Å². The number of H-pyrrole nitrogens is 2. The van der Waals surface area contributed by atoms with Gasteiger partial charge >= 0.3 is 0 Å². The van der Waals surface area contributed by atoms with E-state index in [0.717, 1.165) is 0 Å². The van der Waals surface area contributed by atoms with E-state index in [-0.39, 0.29) is 17.0 Å². The second-order valence-electron chi connectivity index (χ2n) is 6.01. The highest BCUT2D eigenvalue weighted by molar-refractivity contribution is 7.89. The van der Waals surface area contributed by atoms with Gasteiger partial charge in [0.1, 0.15) is 4.90 Å². The molecule has 0 saturated carbocycles. The lowest BCUT2D eigenvalue weighted by atomic mass is 10.1. The Hall–Kier alpha value is -2.85. The molecule has 3 rings (SSSR count). The molecule has 0 atom stereocenters. The number of nitrogens with one attached hydrogen (secondary N) is 3. The Morgan fingerprint density at radius 1 is 1.11 bits per heavy atom. The maximum Gasteiger partial charge on any atom is 0.252 e. The predicted octanol–water partition coefficient (Wildman–Crippen LogP) is 1.36. The van der Waals surface area contributed by atoms with Crippen molar-refractivity contribution in [1.82, 2.24) is 19.9 Å². The van der Waals surface area contributed by atoms with Gasteiger partial charge in [-0.25, -0.2) is 13.1 Å². The van der Waals surface area contributed by atoms with Crippen molar-refractivity contribution >= 4 is 20.9 Å². The van der Waals surface area contributed by atoms with Crippen LogP contribution in [0.4, 0.5) is 0 Å². The fraction of sp³-hybridized carbons (Fsp3) is 0.294. The van der Waals surface area contributed by atoms with Gasteiger partial charge in [-0.3, -0.25) is 9.89 Å². The largest absolute Gasteiger partial charge is 0.493 e. The Balaban J connectivity index is 1.95. The van der Waals surface area contributed by atoms with Crippen LogP contribution in [0.3, 0.4) is 0 Å².